The van der Waals surface area contributed by atoms with Crippen molar-refractivity contribution in [1.82, 2.24) is 0 Å². The Labute approximate surface area is 194 Å². The minimum Gasteiger partial charge on any atom is -0.452 e. The molecule has 34 heavy (non-hydrogen) atoms. The van der Waals surface area contributed by atoms with Crippen LogP contribution in [0.2, 0.25) is 0 Å². The van der Waals surface area contributed by atoms with Crippen LogP contribution in [0.5, 0.6) is 0 Å². The number of hydrogen-bond donors (Lipinski definition) is 1. The Morgan fingerprint density at radius 1 is 1.15 bits per heavy atom. The molecule has 1 aliphatic carbocycles. The summed E-state index contributed by atoms with van der Waals surface area (Å²) in [4.78, 5) is 61.4. The van der Waals surface area contributed by atoms with Gasteiger partial charge in [-0.15, -0.1) is 0 Å². The van der Waals surface area contributed by atoms with Gasteiger partial charge in [-0.2, -0.15) is 0 Å². The molecular formula is C24H21N3O7. The molecule has 3 amide bonds. The molecule has 0 aromatic heterocycles. The maximum atomic E-state index is 12.9. The van der Waals surface area contributed by atoms with Gasteiger partial charge in [-0.3, -0.25) is 29.4 Å². The minimum atomic E-state index is -0.772. The molecule has 1 fully saturated rings. The molecule has 2 aromatic rings. The average Bonchev–Trinajstić information content (AvgIpc) is 3.08. The average molecular weight is 463 g/mol. The number of allylic oxidation sites excluding steroid dienone is 2. The highest BCUT2D eigenvalue weighted by molar-refractivity contribution is 6.22. The van der Waals surface area contributed by atoms with Crippen LogP contribution in [0.25, 0.3) is 0 Å². The summed E-state index contributed by atoms with van der Waals surface area (Å²) in [6.07, 6.45) is 4.40. The van der Waals surface area contributed by atoms with Gasteiger partial charge in [0, 0.05) is 17.8 Å². The lowest BCUT2D eigenvalue weighted by Gasteiger charge is -2.22. The van der Waals surface area contributed by atoms with Gasteiger partial charge in [0.15, 0.2) is 6.61 Å². The van der Waals surface area contributed by atoms with E-state index >= 15 is 0 Å². The van der Waals surface area contributed by atoms with Crippen LogP contribution in [0.1, 0.15) is 23.7 Å². The fourth-order valence-electron chi connectivity index (χ4n) is 4.26. The van der Waals surface area contributed by atoms with Crippen LogP contribution in [0.3, 0.4) is 0 Å². The van der Waals surface area contributed by atoms with E-state index in [4.69, 9.17) is 4.74 Å². The minimum absolute atomic E-state index is 0.0254. The highest BCUT2D eigenvalue weighted by atomic mass is 16.6. The summed E-state index contributed by atoms with van der Waals surface area (Å²) < 4.78 is 5.00. The zero-order valence-corrected chi connectivity index (χ0v) is 18.2. The molecule has 2 aromatic carbocycles. The van der Waals surface area contributed by atoms with Crippen LogP contribution >= 0.6 is 0 Å². The number of fused-ring (bicyclic) bond motifs is 1. The van der Waals surface area contributed by atoms with Gasteiger partial charge in [0.05, 0.1) is 28.0 Å². The molecule has 10 heteroatoms. The van der Waals surface area contributed by atoms with Crippen LogP contribution in [-0.2, 0) is 19.1 Å². The quantitative estimate of drug-likeness (QED) is 0.229. The third-order valence-corrected chi connectivity index (χ3v) is 5.91. The van der Waals surface area contributed by atoms with E-state index in [1.54, 1.807) is 0 Å². The normalized spacial score (nSPS) is 21.2. The maximum Gasteiger partial charge on any atom is 0.338 e. The van der Waals surface area contributed by atoms with Crippen molar-refractivity contribution in [3.05, 3.63) is 76.4 Å². The molecule has 4 rings (SSSR count). The molecule has 10 nitrogen and oxygen atoms in total. The molecule has 1 N–H and O–H groups in total. The summed E-state index contributed by atoms with van der Waals surface area (Å²) in [6, 6.07) is 11.2. The zero-order valence-electron chi connectivity index (χ0n) is 18.2. The lowest BCUT2D eigenvalue weighted by atomic mass is 9.78. The predicted octanol–water partition coefficient (Wildman–Crippen LogP) is 3.09. The lowest BCUT2D eigenvalue weighted by molar-refractivity contribution is -0.384. The number of rotatable bonds is 6. The Kier molecular flexibility index (Phi) is 6.22. The number of anilines is 2. The number of hydrogen-bond acceptors (Lipinski definition) is 7. The number of esters is 1. The Hall–Kier alpha value is -4.34. The standard InChI is InChI=1S/C24H21N3O7/c1-14-4-2-7-19-21(14)23(30)26(22(19)29)17-10-8-15(9-11-17)24(31)34-13-20(28)25-16-5-3-6-18(12-16)27(32)33/h2-6,8-12,14,19,21H,7,13H2,1H3,(H,25,28)/t14-,19+,21-/m1/s1. The van der Waals surface area contributed by atoms with Crippen molar-refractivity contribution in [3.8, 4) is 0 Å². The number of non-ortho nitro benzene ring substituents is 1. The highest BCUT2D eigenvalue weighted by Crippen LogP contribution is 2.40. The van der Waals surface area contributed by atoms with Crippen molar-refractivity contribution in [2.75, 3.05) is 16.8 Å². The van der Waals surface area contributed by atoms with Crippen molar-refractivity contribution < 1.29 is 28.8 Å². The number of carbonyl (C=O) groups excluding carboxylic acids is 4. The van der Waals surface area contributed by atoms with Crippen LogP contribution in [0.15, 0.2) is 60.7 Å². The van der Waals surface area contributed by atoms with E-state index in [9.17, 15) is 29.3 Å². The lowest BCUT2D eigenvalue weighted by Crippen LogP contribution is -2.31. The van der Waals surface area contributed by atoms with Crippen LogP contribution < -0.4 is 10.2 Å². The van der Waals surface area contributed by atoms with Crippen molar-refractivity contribution in [2.24, 2.45) is 17.8 Å². The number of imide groups is 1. The number of nitrogens with one attached hydrogen (secondary N) is 1. The summed E-state index contributed by atoms with van der Waals surface area (Å²) in [5, 5.41) is 13.2. The molecular weight excluding hydrogens is 442 g/mol. The van der Waals surface area contributed by atoms with E-state index in [1.807, 2.05) is 19.1 Å². The zero-order chi connectivity index (χ0) is 24.4. The summed E-state index contributed by atoms with van der Waals surface area (Å²) in [6.45, 7) is 1.32. The molecule has 0 radical (unpaired) electrons. The van der Waals surface area contributed by atoms with E-state index < -0.39 is 23.4 Å². The van der Waals surface area contributed by atoms with Crippen LogP contribution in [0.4, 0.5) is 17.1 Å². The first kappa shape index (κ1) is 22.8. The molecule has 1 heterocycles. The SMILES string of the molecule is C[C@@H]1C=CC[C@@H]2C(=O)N(c3ccc(C(=O)OCC(=O)Nc4cccc([N+](=O)[O-])c4)cc3)C(=O)[C@H]12. The van der Waals surface area contributed by atoms with Gasteiger partial charge in [-0.25, -0.2) is 4.79 Å². The van der Waals surface area contributed by atoms with Gasteiger partial charge >= 0.3 is 5.97 Å². The van der Waals surface area contributed by atoms with E-state index in [0.717, 1.165) is 0 Å². The Morgan fingerprint density at radius 3 is 2.56 bits per heavy atom. The number of ether oxygens (including phenoxy) is 1. The summed E-state index contributed by atoms with van der Waals surface area (Å²) in [5.41, 5.74) is 0.523. The fraction of sp³-hybridized carbons (Fsp3) is 0.250. The van der Waals surface area contributed by atoms with E-state index in [1.165, 1.54) is 53.4 Å². The highest BCUT2D eigenvalue weighted by Gasteiger charge is 2.50. The number of benzene rings is 2. The van der Waals surface area contributed by atoms with Crippen molar-refractivity contribution in [1.29, 1.82) is 0 Å². The first-order valence-corrected chi connectivity index (χ1v) is 10.6. The van der Waals surface area contributed by atoms with Crippen molar-refractivity contribution in [2.45, 2.75) is 13.3 Å². The van der Waals surface area contributed by atoms with Crippen molar-refractivity contribution >= 4 is 40.8 Å². The molecule has 1 saturated heterocycles. The molecule has 0 spiro atoms. The molecule has 3 atom stereocenters. The fourth-order valence-corrected chi connectivity index (χ4v) is 4.26. The largest absolute Gasteiger partial charge is 0.452 e. The van der Waals surface area contributed by atoms with E-state index in [-0.39, 0.29) is 46.5 Å². The van der Waals surface area contributed by atoms with Gasteiger partial charge in [0.2, 0.25) is 11.8 Å². The molecule has 0 unspecified atom stereocenters. The third kappa shape index (κ3) is 4.42. The summed E-state index contributed by atoms with van der Waals surface area (Å²) >= 11 is 0. The number of nitro groups is 1. The van der Waals surface area contributed by atoms with Gasteiger partial charge < -0.3 is 10.1 Å². The Morgan fingerprint density at radius 2 is 1.88 bits per heavy atom. The van der Waals surface area contributed by atoms with Gasteiger partial charge in [-0.1, -0.05) is 25.1 Å². The van der Waals surface area contributed by atoms with Gasteiger partial charge in [-0.05, 0) is 42.7 Å². The third-order valence-electron chi connectivity index (χ3n) is 5.91. The van der Waals surface area contributed by atoms with E-state index in [0.29, 0.717) is 12.1 Å². The molecule has 0 saturated carbocycles. The second-order valence-corrected chi connectivity index (χ2v) is 8.15. The Bertz CT molecular complexity index is 1210. The van der Waals surface area contributed by atoms with Crippen LogP contribution in [0, 0.1) is 27.9 Å². The number of nitro benzene ring substituents is 1. The first-order chi connectivity index (χ1) is 16.3. The predicted molar refractivity (Wildman–Crippen MR) is 121 cm³/mol. The Balaban J connectivity index is 1.36. The summed E-state index contributed by atoms with van der Waals surface area (Å²) in [5.74, 6) is -2.72. The topological polar surface area (TPSA) is 136 Å². The smallest absolute Gasteiger partial charge is 0.338 e. The molecule has 2 aliphatic rings. The van der Waals surface area contributed by atoms with Gasteiger partial charge in [0.25, 0.3) is 11.6 Å². The van der Waals surface area contributed by atoms with Crippen LogP contribution in [-0.4, -0.2) is 35.2 Å². The molecule has 1 aliphatic heterocycles. The second-order valence-electron chi connectivity index (χ2n) is 8.15. The summed E-state index contributed by atoms with van der Waals surface area (Å²) in [7, 11) is 0. The maximum absolute atomic E-state index is 12.9. The monoisotopic (exact) mass is 463 g/mol. The second kappa shape index (κ2) is 9.26. The van der Waals surface area contributed by atoms with E-state index in [2.05, 4.69) is 5.32 Å². The molecule has 0 bridgehead atoms. The number of amides is 3. The number of nitrogens with zero attached hydrogens (tertiary/aromatic N) is 2. The number of carbonyl (C=O) groups is 4. The first-order valence-electron chi connectivity index (χ1n) is 10.6. The molecule has 174 valence electrons. The van der Waals surface area contributed by atoms with Crippen molar-refractivity contribution in [3.63, 3.8) is 0 Å². The van der Waals surface area contributed by atoms with Gasteiger partial charge in [0.1, 0.15) is 0 Å².